The van der Waals surface area contributed by atoms with Gasteiger partial charge in [0.15, 0.2) is 0 Å². The van der Waals surface area contributed by atoms with Crippen LogP contribution in [0.2, 0.25) is 0 Å². The fourth-order valence-corrected chi connectivity index (χ4v) is 1.69. The van der Waals surface area contributed by atoms with Crippen LogP contribution in [-0.2, 0) is 11.3 Å². The fraction of sp³-hybridized carbons (Fsp3) is 0.133. The number of carbonyl (C=O) groups excluding carboxylic acids is 1. The molecule has 7 nitrogen and oxygen atoms in total. The van der Waals surface area contributed by atoms with Gasteiger partial charge < -0.3 is 14.6 Å². The van der Waals surface area contributed by atoms with Gasteiger partial charge in [-0.15, -0.1) is 0 Å². The molecule has 114 valence electrons. The van der Waals surface area contributed by atoms with Gasteiger partial charge in [0.1, 0.15) is 6.61 Å². The number of carboxylic acid groups (broad SMARTS) is 1. The zero-order valence-corrected chi connectivity index (χ0v) is 11.8. The number of aromatic carboxylic acids is 1. The van der Waals surface area contributed by atoms with E-state index in [0.717, 1.165) is 5.56 Å². The van der Waals surface area contributed by atoms with Gasteiger partial charge >= 0.3 is 12.1 Å². The number of ether oxygens (including phenoxy) is 2. The van der Waals surface area contributed by atoms with Crippen molar-refractivity contribution in [3.63, 3.8) is 0 Å². The zero-order chi connectivity index (χ0) is 15.9. The molecule has 2 rings (SSSR count). The number of pyridine rings is 1. The molecule has 0 fully saturated rings. The summed E-state index contributed by atoms with van der Waals surface area (Å²) in [7, 11) is 1.37. The summed E-state index contributed by atoms with van der Waals surface area (Å²) in [5.74, 6) is -1.07. The van der Waals surface area contributed by atoms with Crippen molar-refractivity contribution >= 4 is 17.7 Å². The Morgan fingerprint density at radius 1 is 1.27 bits per heavy atom. The molecule has 0 aliphatic rings. The van der Waals surface area contributed by atoms with E-state index >= 15 is 0 Å². The molecule has 0 spiro atoms. The van der Waals surface area contributed by atoms with Gasteiger partial charge in [0, 0.05) is 6.07 Å². The van der Waals surface area contributed by atoms with E-state index in [1.54, 1.807) is 0 Å². The van der Waals surface area contributed by atoms with Crippen LogP contribution in [0.25, 0.3) is 0 Å². The Hall–Kier alpha value is -3.09. The lowest BCUT2D eigenvalue weighted by atomic mass is 10.2. The van der Waals surface area contributed by atoms with Crippen LogP contribution in [-0.4, -0.2) is 29.3 Å². The Morgan fingerprint density at radius 2 is 2.00 bits per heavy atom. The summed E-state index contributed by atoms with van der Waals surface area (Å²) in [5.41, 5.74) is 0.721. The smallest absolute Gasteiger partial charge is 0.412 e. The Labute approximate surface area is 126 Å². The number of carboxylic acids is 1. The standard InChI is InChI=1S/C15H14N2O5/c1-21-13-7-11(14(18)19)12(8-16-13)17-15(20)22-9-10-5-3-2-4-6-10/h2-8H,9H2,1H3,(H,17,20)(H,18,19). The number of benzene rings is 1. The Kier molecular flexibility index (Phi) is 4.92. The van der Waals surface area contributed by atoms with Gasteiger partial charge in [0.2, 0.25) is 5.88 Å². The van der Waals surface area contributed by atoms with E-state index in [4.69, 9.17) is 14.6 Å². The second kappa shape index (κ2) is 7.07. The Bertz CT molecular complexity index is 673. The molecule has 0 bridgehead atoms. The number of amides is 1. The number of carbonyl (C=O) groups is 2. The molecule has 0 atom stereocenters. The molecule has 0 aliphatic heterocycles. The van der Waals surface area contributed by atoms with E-state index in [0.29, 0.717) is 0 Å². The first-order valence-corrected chi connectivity index (χ1v) is 6.35. The lowest BCUT2D eigenvalue weighted by molar-refractivity contribution is 0.0697. The average molecular weight is 302 g/mol. The SMILES string of the molecule is COc1cc(C(=O)O)c(NC(=O)OCc2ccccc2)cn1. The maximum absolute atomic E-state index is 11.7. The second-order valence-electron chi connectivity index (χ2n) is 4.26. The summed E-state index contributed by atoms with van der Waals surface area (Å²) in [6.45, 7) is 0.0820. The first-order valence-electron chi connectivity index (χ1n) is 6.35. The van der Waals surface area contributed by atoms with E-state index in [2.05, 4.69) is 10.3 Å². The molecule has 0 saturated carbocycles. The van der Waals surface area contributed by atoms with Crippen molar-refractivity contribution in [2.24, 2.45) is 0 Å². The number of rotatable bonds is 5. The van der Waals surface area contributed by atoms with E-state index < -0.39 is 12.1 Å². The van der Waals surface area contributed by atoms with Crippen LogP contribution in [0.1, 0.15) is 15.9 Å². The highest BCUT2D eigenvalue weighted by atomic mass is 16.5. The van der Waals surface area contributed by atoms with Crippen LogP contribution < -0.4 is 10.1 Å². The van der Waals surface area contributed by atoms with Crippen LogP contribution >= 0.6 is 0 Å². The van der Waals surface area contributed by atoms with Gasteiger partial charge in [0.25, 0.3) is 0 Å². The van der Waals surface area contributed by atoms with Gasteiger partial charge in [-0.05, 0) is 5.56 Å². The van der Waals surface area contributed by atoms with Gasteiger partial charge in [-0.3, -0.25) is 5.32 Å². The molecule has 7 heteroatoms. The largest absolute Gasteiger partial charge is 0.481 e. The number of nitrogens with zero attached hydrogens (tertiary/aromatic N) is 1. The molecule has 0 saturated heterocycles. The van der Waals surface area contributed by atoms with Gasteiger partial charge in [-0.25, -0.2) is 14.6 Å². The summed E-state index contributed by atoms with van der Waals surface area (Å²) in [6, 6.07) is 10.3. The van der Waals surface area contributed by atoms with Crippen LogP contribution in [0.4, 0.5) is 10.5 Å². The third-order valence-corrected chi connectivity index (χ3v) is 2.77. The van der Waals surface area contributed by atoms with Crippen molar-refractivity contribution in [3.05, 3.63) is 53.7 Å². The van der Waals surface area contributed by atoms with Crippen molar-refractivity contribution in [2.75, 3.05) is 12.4 Å². The van der Waals surface area contributed by atoms with Crippen LogP contribution in [0.5, 0.6) is 5.88 Å². The minimum Gasteiger partial charge on any atom is -0.481 e. The van der Waals surface area contributed by atoms with Crippen molar-refractivity contribution in [3.8, 4) is 5.88 Å². The fourth-order valence-electron chi connectivity index (χ4n) is 1.69. The maximum atomic E-state index is 11.7. The number of methoxy groups -OCH3 is 1. The van der Waals surface area contributed by atoms with E-state index in [-0.39, 0.29) is 23.7 Å². The lowest BCUT2D eigenvalue weighted by Gasteiger charge is -2.10. The minimum atomic E-state index is -1.21. The zero-order valence-electron chi connectivity index (χ0n) is 11.8. The molecule has 0 unspecified atom stereocenters. The van der Waals surface area contributed by atoms with Gasteiger partial charge in [-0.1, -0.05) is 30.3 Å². The molecular weight excluding hydrogens is 288 g/mol. The highest BCUT2D eigenvalue weighted by Crippen LogP contribution is 2.19. The molecule has 1 aromatic heterocycles. The minimum absolute atomic E-state index is 0.0337. The van der Waals surface area contributed by atoms with Crippen LogP contribution in [0.15, 0.2) is 42.6 Å². The predicted octanol–water partition coefficient (Wildman–Crippen LogP) is 2.54. The molecule has 0 aliphatic carbocycles. The highest BCUT2D eigenvalue weighted by molar-refractivity contribution is 5.98. The first-order chi connectivity index (χ1) is 10.6. The third kappa shape index (κ3) is 3.95. The molecule has 2 N–H and O–H groups in total. The molecular formula is C15H14N2O5. The van der Waals surface area contributed by atoms with Crippen molar-refractivity contribution < 1.29 is 24.2 Å². The number of aromatic nitrogens is 1. The van der Waals surface area contributed by atoms with Crippen molar-refractivity contribution in [2.45, 2.75) is 6.61 Å². The van der Waals surface area contributed by atoms with Crippen molar-refractivity contribution in [1.82, 2.24) is 4.98 Å². The quantitative estimate of drug-likeness (QED) is 0.880. The summed E-state index contributed by atoms with van der Waals surface area (Å²) < 4.78 is 9.87. The van der Waals surface area contributed by atoms with Crippen molar-refractivity contribution in [1.29, 1.82) is 0 Å². The second-order valence-corrected chi connectivity index (χ2v) is 4.26. The highest BCUT2D eigenvalue weighted by Gasteiger charge is 2.15. The molecule has 1 heterocycles. The predicted molar refractivity (Wildman–Crippen MR) is 78.0 cm³/mol. The topological polar surface area (TPSA) is 97.8 Å². The number of anilines is 1. The average Bonchev–Trinajstić information content (AvgIpc) is 2.54. The molecule has 1 aromatic carbocycles. The van der Waals surface area contributed by atoms with E-state index in [1.165, 1.54) is 19.4 Å². The first kappa shape index (κ1) is 15.3. The van der Waals surface area contributed by atoms with Crippen LogP contribution in [0.3, 0.4) is 0 Å². The van der Waals surface area contributed by atoms with Gasteiger partial charge in [0.05, 0.1) is 24.6 Å². The van der Waals surface area contributed by atoms with Gasteiger partial charge in [-0.2, -0.15) is 0 Å². The summed E-state index contributed by atoms with van der Waals surface area (Å²) >= 11 is 0. The molecule has 2 aromatic rings. The Morgan fingerprint density at radius 3 is 2.64 bits per heavy atom. The summed E-state index contributed by atoms with van der Waals surface area (Å²) in [6.07, 6.45) is 0.435. The molecule has 22 heavy (non-hydrogen) atoms. The molecule has 0 radical (unpaired) electrons. The Balaban J connectivity index is 2.03. The normalized spacial score (nSPS) is 9.86. The third-order valence-electron chi connectivity index (χ3n) is 2.77. The molecule has 1 amide bonds. The van der Waals surface area contributed by atoms with Crippen LogP contribution in [0, 0.1) is 0 Å². The summed E-state index contributed by atoms with van der Waals surface area (Å²) in [5, 5.41) is 11.5. The number of hydrogen-bond acceptors (Lipinski definition) is 5. The number of hydrogen-bond donors (Lipinski definition) is 2. The van der Waals surface area contributed by atoms with E-state index in [9.17, 15) is 9.59 Å². The van der Waals surface area contributed by atoms with E-state index in [1.807, 2.05) is 30.3 Å². The number of nitrogens with one attached hydrogen (secondary N) is 1. The maximum Gasteiger partial charge on any atom is 0.412 e. The monoisotopic (exact) mass is 302 g/mol. The lowest BCUT2D eigenvalue weighted by Crippen LogP contribution is -2.16. The summed E-state index contributed by atoms with van der Waals surface area (Å²) in [4.78, 5) is 26.8.